The summed E-state index contributed by atoms with van der Waals surface area (Å²) >= 11 is 5.98. The molecule has 0 heterocycles. The van der Waals surface area contributed by atoms with Crippen LogP contribution in [0.2, 0.25) is 5.02 Å². The van der Waals surface area contributed by atoms with Gasteiger partial charge in [0, 0.05) is 29.7 Å². The first-order valence-corrected chi connectivity index (χ1v) is 8.42. The number of amides is 2. The van der Waals surface area contributed by atoms with Crippen LogP contribution in [-0.2, 0) is 9.59 Å². The molecule has 0 bridgehead atoms. The molecular formula is C19H19ClN2O5. The molecule has 7 nitrogen and oxygen atoms in total. The minimum absolute atomic E-state index is 0.133. The van der Waals surface area contributed by atoms with Gasteiger partial charge in [-0.25, -0.2) is 5.48 Å². The van der Waals surface area contributed by atoms with Gasteiger partial charge >= 0.3 is 0 Å². The monoisotopic (exact) mass is 390 g/mol. The molecule has 0 spiro atoms. The number of hydrogen-bond donors (Lipinski definition) is 3. The van der Waals surface area contributed by atoms with E-state index in [-0.39, 0.29) is 12.5 Å². The van der Waals surface area contributed by atoms with Crippen LogP contribution in [0.15, 0.2) is 48.5 Å². The SMILES string of the molecule is CC(=O)NCCOc1ccc(C=CC(=O)NO)c(Oc2cccc(Cl)c2)c1. The third-order valence-corrected chi connectivity index (χ3v) is 3.51. The number of halogens is 1. The summed E-state index contributed by atoms with van der Waals surface area (Å²) in [5.41, 5.74) is 2.11. The van der Waals surface area contributed by atoms with Crippen molar-refractivity contribution in [2.75, 3.05) is 13.2 Å². The van der Waals surface area contributed by atoms with Gasteiger partial charge in [0.15, 0.2) is 0 Å². The van der Waals surface area contributed by atoms with Crippen LogP contribution in [-0.4, -0.2) is 30.2 Å². The number of hydroxylamine groups is 1. The van der Waals surface area contributed by atoms with Gasteiger partial charge in [-0.1, -0.05) is 17.7 Å². The molecular weight excluding hydrogens is 372 g/mol. The summed E-state index contributed by atoms with van der Waals surface area (Å²) in [7, 11) is 0. The van der Waals surface area contributed by atoms with Gasteiger partial charge in [-0.15, -0.1) is 0 Å². The largest absolute Gasteiger partial charge is 0.492 e. The van der Waals surface area contributed by atoms with Crippen LogP contribution >= 0.6 is 11.6 Å². The Morgan fingerprint density at radius 3 is 2.70 bits per heavy atom. The molecule has 2 aromatic carbocycles. The molecule has 3 N–H and O–H groups in total. The van der Waals surface area contributed by atoms with E-state index in [1.807, 2.05) is 0 Å². The van der Waals surface area contributed by atoms with Crippen molar-refractivity contribution in [3.05, 3.63) is 59.1 Å². The summed E-state index contributed by atoms with van der Waals surface area (Å²) in [5.74, 6) is 0.669. The predicted molar refractivity (Wildman–Crippen MR) is 101 cm³/mol. The first-order valence-electron chi connectivity index (χ1n) is 8.05. The number of nitrogens with one attached hydrogen (secondary N) is 2. The average Bonchev–Trinajstić information content (AvgIpc) is 2.64. The van der Waals surface area contributed by atoms with Gasteiger partial charge in [-0.05, 0) is 36.4 Å². The molecule has 0 radical (unpaired) electrons. The third-order valence-electron chi connectivity index (χ3n) is 3.28. The second-order valence-electron chi connectivity index (χ2n) is 5.40. The van der Waals surface area contributed by atoms with E-state index in [1.54, 1.807) is 42.5 Å². The van der Waals surface area contributed by atoms with Gasteiger partial charge in [-0.3, -0.25) is 14.8 Å². The number of ether oxygens (including phenoxy) is 2. The molecule has 0 fully saturated rings. The highest BCUT2D eigenvalue weighted by Crippen LogP contribution is 2.31. The smallest absolute Gasteiger partial charge is 0.267 e. The summed E-state index contributed by atoms with van der Waals surface area (Å²) in [6, 6.07) is 11.9. The van der Waals surface area contributed by atoms with E-state index in [9.17, 15) is 9.59 Å². The highest BCUT2D eigenvalue weighted by molar-refractivity contribution is 6.30. The van der Waals surface area contributed by atoms with Gasteiger partial charge in [0.2, 0.25) is 5.91 Å². The second-order valence-corrected chi connectivity index (χ2v) is 5.84. The van der Waals surface area contributed by atoms with Gasteiger partial charge in [0.05, 0.1) is 6.54 Å². The van der Waals surface area contributed by atoms with Crippen LogP contribution < -0.4 is 20.3 Å². The molecule has 0 aromatic heterocycles. The molecule has 2 amide bonds. The molecule has 142 valence electrons. The van der Waals surface area contributed by atoms with Gasteiger partial charge in [-0.2, -0.15) is 0 Å². The molecule has 0 unspecified atom stereocenters. The minimum atomic E-state index is -0.667. The number of carbonyl (C=O) groups excluding carboxylic acids is 2. The quantitative estimate of drug-likeness (QED) is 0.278. The molecule has 0 aliphatic rings. The van der Waals surface area contributed by atoms with E-state index in [1.165, 1.54) is 18.5 Å². The van der Waals surface area contributed by atoms with Crippen LogP contribution in [0.4, 0.5) is 0 Å². The zero-order chi connectivity index (χ0) is 19.6. The molecule has 0 aliphatic heterocycles. The van der Waals surface area contributed by atoms with Crippen molar-refractivity contribution < 1.29 is 24.3 Å². The lowest BCUT2D eigenvalue weighted by Crippen LogP contribution is -2.25. The summed E-state index contributed by atoms with van der Waals surface area (Å²) in [4.78, 5) is 22.1. The maximum Gasteiger partial charge on any atom is 0.267 e. The molecule has 0 atom stereocenters. The highest BCUT2D eigenvalue weighted by atomic mass is 35.5. The van der Waals surface area contributed by atoms with Crippen LogP contribution in [0.1, 0.15) is 12.5 Å². The van der Waals surface area contributed by atoms with E-state index in [0.29, 0.717) is 34.4 Å². The lowest BCUT2D eigenvalue weighted by molar-refractivity contribution is -0.124. The standard InChI is InChI=1S/C19H19ClN2O5/c1-13(23)21-9-10-26-16-7-5-14(6-8-19(24)22-25)18(12-16)27-17-4-2-3-15(20)11-17/h2-8,11-12,25H,9-10H2,1H3,(H,21,23)(H,22,24). The maximum absolute atomic E-state index is 11.2. The first-order chi connectivity index (χ1) is 13.0. The van der Waals surface area contributed by atoms with Crippen molar-refractivity contribution in [1.82, 2.24) is 10.8 Å². The summed E-state index contributed by atoms with van der Waals surface area (Å²) in [6.07, 6.45) is 2.66. The van der Waals surface area contributed by atoms with Gasteiger partial charge < -0.3 is 14.8 Å². The fourth-order valence-electron chi connectivity index (χ4n) is 2.09. The Kier molecular flexibility index (Phi) is 7.66. The zero-order valence-corrected chi connectivity index (χ0v) is 15.3. The second kappa shape index (κ2) is 10.2. The van der Waals surface area contributed by atoms with E-state index in [2.05, 4.69) is 5.32 Å². The van der Waals surface area contributed by atoms with E-state index < -0.39 is 5.91 Å². The van der Waals surface area contributed by atoms with Gasteiger partial charge in [0.25, 0.3) is 5.91 Å². The third kappa shape index (κ3) is 7.01. The fraction of sp³-hybridized carbons (Fsp3) is 0.158. The normalized spacial score (nSPS) is 10.5. The molecule has 27 heavy (non-hydrogen) atoms. The van der Waals surface area contributed by atoms with Crippen molar-refractivity contribution in [2.24, 2.45) is 0 Å². The Morgan fingerprint density at radius 2 is 2.00 bits per heavy atom. The molecule has 2 rings (SSSR count). The van der Waals surface area contributed by atoms with Crippen LogP contribution in [0.25, 0.3) is 6.08 Å². The van der Waals surface area contributed by atoms with Crippen molar-refractivity contribution in [3.8, 4) is 17.2 Å². The Balaban J connectivity index is 2.20. The number of hydrogen-bond acceptors (Lipinski definition) is 5. The number of rotatable bonds is 8. The van der Waals surface area contributed by atoms with Crippen molar-refractivity contribution >= 4 is 29.5 Å². The maximum atomic E-state index is 11.2. The van der Waals surface area contributed by atoms with Crippen molar-refractivity contribution in [3.63, 3.8) is 0 Å². The van der Waals surface area contributed by atoms with Crippen molar-refractivity contribution in [1.29, 1.82) is 0 Å². The Morgan fingerprint density at radius 1 is 1.19 bits per heavy atom. The lowest BCUT2D eigenvalue weighted by atomic mass is 10.1. The summed E-state index contributed by atoms with van der Waals surface area (Å²) in [6.45, 7) is 2.09. The van der Waals surface area contributed by atoms with Crippen LogP contribution in [0.3, 0.4) is 0 Å². The molecule has 0 aliphatic carbocycles. The molecule has 0 saturated heterocycles. The zero-order valence-electron chi connectivity index (χ0n) is 14.6. The van der Waals surface area contributed by atoms with Crippen molar-refractivity contribution in [2.45, 2.75) is 6.92 Å². The minimum Gasteiger partial charge on any atom is -0.492 e. The first kappa shape index (κ1) is 20.3. The molecule has 0 saturated carbocycles. The average molecular weight is 391 g/mol. The predicted octanol–water partition coefficient (Wildman–Crippen LogP) is 3.17. The Bertz CT molecular complexity index is 839. The molecule has 8 heteroatoms. The Hall–Kier alpha value is -3.03. The molecule has 2 aromatic rings. The van der Waals surface area contributed by atoms with Gasteiger partial charge in [0.1, 0.15) is 23.9 Å². The number of carbonyl (C=O) groups is 2. The lowest BCUT2D eigenvalue weighted by Gasteiger charge is -2.12. The number of benzene rings is 2. The highest BCUT2D eigenvalue weighted by Gasteiger charge is 2.07. The Labute approximate surface area is 161 Å². The van der Waals surface area contributed by atoms with E-state index in [0.717, 1.165) is 6.08 Å². The van der Waals surface area contributed by atoms with E-state index in [4.69, 9.17) is 26.3 Å². The van der Waals surface area contributed by atoms with Crippen LogP contribution in [0, 0.1) is 0 Å². The topological polar surface area (TPSA) is 96.9 Å². The fourth-order valence-corrected chi connectivity index (χ4v) is 2.27. The van der Waals surface area contributed by atoms with Crippen LogP contribution in [0.5, 0.6) is 17.2 Å². The summed E-state index contributed by atoms with van der Waals surface area (Å²) < 4.78 is 11.5. The van der Waals surface area contributed by atoms with E-state index >= 15 is 0 Å². The summed E-state index contributed by atoms with van der Waals surface area (Å²) in [5, 5.41) is 11.8.